The first-order valence-corrected chi connectivity index (χ1v) is 14.9. The third kappa shape index (κ3) is 7.39. The van der Waals surface area contributed by atoms with E-state index >= 15 is 0 Å². The number of fused-ring (bicyclic) bond motifs is 2. The highest BCUT2D eigenvalue weighted by Gasteiger charge is 2.47. The molecule has 1 fully saturated rings. The van der Waals surface area contributed by atoms with E-state index in [1.54, 1.807) is 21.3 Å². The zero-order chi connectivity index (χ0) is 30.2. The van der Waals surface area contributed by atoms with E-state index in [1.165, 1.54) is 16.7 Å². The van der Waals surface area contributed by atoms with E-state index in [9.17, 15) is 4.79 Å². The number of methoxy groups -OCH3 is 3. The van der Waals surface area contributed by atoms with E-state index < -0.39 is 0 Å². The molecule has 1 saturated heterocycles. The fraction of sp³-hybridized carbons (Fsp3) is 0.472. The summed E-state index contributed by atoms with van der Waals surface area (Å²) in [6.07, 6.45) is 11.8. The number of benzene rings is 2. The number of cyclic esters (lactones) is 1. The van der Waals surface area contributed by atoms with Crippen molar-refractivity contribution in [3.05, 3.63) is 82.0 Å². The van der Waals surface area contributed by atoms with Crippen LogP contribution in [0.25, 0.3) is 0 Å². The SMILES string of the molecule is COc1cc2c(cc1OC)C(c1ccc(OC)c(OC/C=C(\C)CC/C=C(\C)CCC=C(C)C)c1)C1C(=O)OCC1C2. The Labute approximate surface area is 251 Å². The average molecular weight is 575 g/mol. The monoisotopic (exact) mass is 574 g/mol. The number of esters is 1. The smallest absolute Gasteiger partial charge is 0.310 e. The Bertz CT molecular complexity index is 1350. The number of carbonyl (C=O) groups is 1. The Morgan fingerprint density at radius 1 is 0.833 bits per heavy atom. The lowest BCUT2D eigenvalue weighted by Gasteiger charge is -2.34. The summed E-state index contributed by atoms with van der Waals surface area (Å²) in [7, 11) is 4.92. The van der Waals surface area contributed by atoms with Gasteiger partial charge in [0.25, 0.3) is 0 Å². The van der Waals surface area contributed by atoms with Crippen LogP contribution in [0.15, 0.2) is 65.3 Å². The van der Waals surface area contributed by atoms with Crippen molar-refractivity contribution in [2.24, 2.45) is 11.8 Å². The van der Waals surface area contributed by atoms with Crippen LogP contribution in [0.5, 0.6) is 23.0 Å². The Hall–Kier alpha value is -3.67. The van der Waals surface area contributed by atoms with Crippen LogP contribution in [0.1, 0.15) is 76.0 Å². The first-order valence-electron chi connectivity index (χ1n) is 14.9. The second kappa shape index (κ2) is 14.5. The second-order valence-corrected chi connectivity index (χ2v) is 11.7. The van der Waals surface area contributed by atoms with Crippen molar-refractivity contribution in [2.75, 3.05) is 34.5 Å². The van der Waals surface area contributed by atoms with Gasteiger partial charge in [-0.2, -0.15) is 0 Å². The number of hydrogen-bond acceptors (Lipinski definition) is 6. The van der Waals surface area contributed by atoms with Crippen LogP contribution in [0, 0.1) is 11.8 Å². The van der Waals surface area contributed by atoms with Crippen LogP contribution in [0.3, 0.4) is 0 Å². The highest BCUT2D eigenvalue weighted by Crippen LogP contribution is 2.50. The Kier molecular flexibility index (Phi) is 10.8. The van der Waals surface area contributed by atoms with Gasteiger partial charge in [0.05, 0.1) is 33.9 Å². The van der Waals surface area contributed by atoms with Crippen molar-refractivity contribution in [1.29, 1.82) is 0 Å². The molecule has 0 N–H and O–H groups in total. The third-order valence-corrected chi connectivity index (χ3v) is 8.38. The van der Waals surface area contributed by atoms with Gasteiger partial charge in [0.2, 0.25) is 0 Å². The van der Waals surface area contributed by atoms with Gasteiger partial charge in [-0.1, -0.05) is 34.9 Å². The standard InChI is InChI=1S/C36H46O6/c1-23(2)10-8-11-24(3)12-9-13-25(4)16-17-41-33-19-26(14-15-30(33)38-5)34-29-21-32(40-7)31(39-6)20-27(29)18-28-22-42-36(37)35(28)34/h10,12,14-16,19-21,28,34-35H,8-9,11,13,17-18,22H2,1-7H3/b24-12+,25-16+. The molecule has 1 aliphatic heterocycles. The molecule has 4 rings (SSSR count). The van der Waals surface area contributed by atoms with E-state index in [-0.39, 0.29) is 23.7 Å². The molecule has 3 atom stereocenters. The zero-order valence-corrected chi connectivity index (χ0v) is 26.3. The summed E-state index contributed by atoms with van der Waals surface area (Å²) >= 11 is 0. The van der Waals surface area contributed by atoms with E-state index in [4.69, 9.17) is 23.7 Å². The largest absolute Gasteiger partial charge is 0.493 e. The molecule has 0 saturated carbocycles. The van der Waals surface area contributed by atoms with Crippen molar-refractivity contribution in [1.82, 2.24) is 0 Å². The maximum Gasteiger partial charge on any atom is 0.310 e. The van der Waals surface area contributed by atoms with E-state index in [0.717, 1.165) is 48.8 Å². The number of hydrogen-bond donors (Lipinski definition) is 0. The molecule has 1 aliphatic carbocycles. The summed E-state index contributed by atoms with van der Waals surface area (Å²) in [4.78, 5) is 13.0. The number of allylic oxidation sites excluding steroid dienone is 5. The van der Waals surface area contributed by atoms with Crippen LogP contribution < -0.4 is 18.9 Å². The van der Waals surface area contributed by atoms with Crippen LogP contribution in [0.4, 0.5) is 0 Å². The molecule has 0 radical (unpaired) electrons. The van der Waals surface area contributed by atoms with Crippen molar-refractivity contribution in [3.8, 4) is 23.0 Å². The van der Waals surface area contributed by atoms with Gasteiger partial charge in [-0.25, -0.2) is 0 Å². The topological polar surface area (TPSA) is 63.2 Å². The molecule has 1 heterocycles. The maximum absolute atomic E-state index is 13.0. The quantitative estimate of drug-likeness (QED) is 0.178. The highest BCUT2D eigenvalue weighted by molar-refractivity contribution is 5.78. The molecule has 0 spiro atoms. The average Bonchev–Trinajstić information content (AvgIpc) is 3.34. The number of rotatable bonds is 13. The summed E-state index contributed by atoms with van der Waals surface area (Å²) in [6, 6.07) is 10.0. The Balaban J connectivity index is 1.52. The molecule has 42 heavy (non-hydrogen) atoms. The van der Waals surface area contributed by atoms with Gasteiger partial charge in [0.1, 0.15) is 6.61 Å². The zero-order valence-electron chi connectivity index (χ0n) is 26.3. The number of carbonyl (C=O) groups excluding carboxylic acids is 1. The maximum atomic E-state index is 13.0. The summed E-state index contributed by atoms with van der Waals surface area (Å²) < 4.78 is 28.7. The van der Waals surface area contributed by atoms with Gasteiger partial charge >= 0.3 is 5.97 Å². The lowest BCUT2D eigenvalue weighted by Crippen LogP contribution is -2.31. The Morgan fingerprint density at radius 2 is 1.50 bits per heavy atom. The van der Waals surface area contributed by atoms with Crippen LogP contribution in [-0.2, 0) is 16.0 Å². The van der Waals surface area contributed by atoms with E-state index in [1.807, 2.05) is 30.3 Å². The molecule has 2 aliphatic rings. The van der Waals surface area contributed by atoms with Crippen molar-refractivity contribution >= 4 is 5.97 Å². The van der Waals surface area contributed by atoms with Gasteiger partial charge in [-0.05, 0) is 107 Å². The van der Waals surface area contributed by atoms with Crippen LogP contribution >= 0.6 is 0 Å². The van der Waals surface area contributed by atoms with E-state index in [0.29, 0.717) is 36.2 Å². The molecule has 0 amide bonds. The molecule has 6 heteroatoms. The molecule has 2 aromatic rings. The normalized spacial score (nSPS) is 19.9. The minimum Gasteiger partial charge on any atom is -0.493 e. The molecule has 3 unspecified atom stereocenters. The fourth-order valence-electron chi connectivity index (χ4n) is 6.05. The van der Waals surface area contributed by atoms with E-state index in [2.05, 4.69) is 45.9 Å². The fourth-order valence-corrected chi connectivity index (χ4v) is 6.05. The molecule has 2 aromatic carbocycles. The molecular weight excluding hydrogens is 528 g/mol. The summed E-state index contributed by atoms with van der Waals surface area (Å²) in [5, 5.41) is 0. The molecule has 226 valence electrons. The highest BCUT2D eigenvalue weighted by atomic mass is 16.5. The van der Waals surface area contributed by atoms with Gasteiger partial charge < -0.3 is 23.7 Å². The van der Waals surface area contributed by atoms with Crippen molar-refractivity contribution < 1.29 is 28.5 Å². The van der Waals surface area contributed by atoms with Crippen molar-refractivity contribution in [2.45, 2.75) is 65.7 Å². The molecule has 0 bridgehead atoms. The van der Waals surface area contributed by atoms with Gasteiger partial charge in [0, 0.05) is 11.8 Å². The lowest BCUT2D eigenvalue weighted by atomic mass is 9.67. The molecular formula is C36H46O6. The van der Waals surface area contributed by atoms with Crippen LogP contribution in [-0.4, -0.2) is 40.5 Å². The van der Waals surface area contributed by atoms with Crippen molar-refractivity contribution in [3.63, 3.8) is 0 Å². The minimum atomic E-state index is -0.266. The predicted octanol–water partition coefficient (Wildman–Crippen LogP) is 7.99. The summed E-state index contributed by atoms with van der Waals surface area (Å²) in [5.74, 6) is 2.16. The van der Waals surface area contributed by atoms with Crippen LogP contribution in [0.2, 0.25) is 0 Å². The lowest BCUT2D eigenvalue weighted by molar-refractivity contribution is -0.141. The van der Waals surface area contributed by atoms with Gasteiger partial charge in [-0.15, -0.1) is 0 Å². The first kappa shape index (κ1) is 31.3. The van der Waals surface area contributed by atoms with Gasteiger partial charge in [0.15, 0.2) is 23.0 Å². The summed E-state index contributed by atoms with van der Waals surface area (Å²) in [5.41, 5.74) is 7.30. The number of ether oxygens (including phenoxy) is 5. The summed E-state index contributed by atoms with van der Waals surface area (Å²) in [6.45, 7) is 9.52. The minimum absolute atomic E-state index is 0.107. The first-order chi connectivity index (χ1) is 20.2. The molecule has 6 nitrogen and oxygen atoms in total. The molecule has 0 aromatic heterocycles. The second-order valence-electron chi connectivity index (χ2n) is 11.7. The third-order valence-electron chi connectivity index (χ3n) is 8.38. The van der Waals surface area contributed by atoms with Gasteiger partial charge in [-0.3, -0.25) is 4.79 Å². The predicted molar refractivity (Wildman–Crippen MR) is 167 cm³/mol. The Morgan fingerprint density at radius 3 is 2.19 bits per heavy atom.